The molecule has 0 aromatic rings. The molecule has 0 aromatic heterocycles. The molecule has 0 saturated heterocycles. The normalized spacial score (nSPS) is 13.1. The number of ether oxygens (including phenoxy) is 3. The maximum absolute atomic E-state index is 12.9. The van der Waals surface area contributed by atoms with Crippen molar-refractivity contribution >= 4 is 11.9 Å². The minimum absolute atomic E-state index is 0.0540. The summed E-state index contributed by atoms with van der Waals surface area (Å²) in [5.41, 5.74) is 0. The van der Waals surface area contributed by atoms with Crippen molar-refractivity contribution in [2.45, 2.75) is 258 Å². The van der Waals surface area contributed by atoms with Gasteiger partial charge < -0.3 is 14.2 Å². The summed E-state index contributed by atoms with van der Waals surface area (Å²) in [6.07, 6.45) is 83.6. The van der Waals surface area contributed by atoms with Gasteiger partial charge in [0.15, 0.2) is 6.10 Å². The number of unbranched alkanes of at least 4 members (excludes halogenated alkanes) is 21. The Balaban J connectivity index is 4.39. The summed E-state index contributed by atoms with van der Waals surface area (Å²) < 4.78 is 17.5. The van der Waals surface area contributed by atoms with E-state index in [2.05, 4.69) is 142 Å². The van der Waals surface area contributed by atoms with Crippen molar-refractivity contribution in [1.82, 2.24) is 0 Å². The third-order valence-electron chi connectivity index (χ3n) is 12.0. The summed E-state index contributed by atoms with van der Waals surface area (Å²) in [5.74, 6) is -0.449. The summed E-state index contributed by atoms with van der Waals surface area (Å²) in [5, 5.41) is 0. The third kappa shape index (κ3) is 56.9. The predicted molar refractivity (Wildman–Crippen MR) is 306 cm³/mol. The molecule has 70 heavy (non-hydrogen) atoms. The summed E-state index contributed by atoms with van der Waals surface area (Å²) >= 11 is 0. The molecule has 1 unspecified atom stereocenters. The Hall–Kier alpha value is -3.70. The van der Waals surface area contributed by atoms with Crippen molar-refractivity contribution < 1.29 is 23.8 Å². The molecule has 0 aliphatic heterocycles. The number of carbonyl (C=O) groups excluding carboxylic acids is 2. The number of hydrogen-bond donors (Lipinski definition) is 0. The van der Waals surface area contributed by atoms with E-state index in [1.165, 1.54) is 96.3 Å². The van der Waals surface area contributed by atoms with E-state index < -0.39 is 6.10 Å². The molecule has 0 spiro atoms. The van der Waals surface area contributed by atoms with Crippen molar-refractivity contribution in [3.63, 3.8) is 0 Å². The van der Waals surface area contributed by atoms with Crippen LogP contribution in [0.25, 0.3) is 0 Å². The van der Waals surface area contributed by atoms with E-state index in [-0.39, 0.29) is 25.2 Å². The van der Waals surface area contributed by atoms with Gasteiger partial charge in [0.2, 0.25) is 0 Å². The minimum Gasteiger partial charge on any atom is -0.462 e. The van der Waals surface area contributed by atoms with E-state index in [0.717, 1.165) is 122 Å². The molecule has 0 aromatic carbocycles. The largest absolute Gasteiger partial charge is 0.462 e. The Morgan fingerprint density at radius 3 is 1.04 bits per heavy atom. The molecular weight excluding hydrogens is 861 g/mol. The Bertz CT molecular complexity index is 1420. The average Bonchev–Trinajstić information content (AvgIpc) is 3.36. The van der Waals surface area contributed by atoms with Crippen LogP contribution < -0.4 is 0 Å². The second kappa shape index (κ2) is 59.6. The van der Waals surface area contributed by atoms with Gasteiger partial charge in [-0.25, -0.2) is 0 Å². The lowest BCUT2D eigenvalue weighted by Crippen LogP contribution is -2.30. The van der Waals surface area contributed by atoms with Crippen LogP contribution >= 0.6 is 0 Å². The van der Waals surface area contributed by atoms with Gasteiger partial charge in [-0.15, -0.1) is 0 Å². The van der Waals surface area contributed by atoms with Crippen LogP contribution in [0.1, 0.15) is 252 Å². The van der Waals surface area contributed by atoms with Crippen molar-refractivity contribution in [3.05, 3.63) is 122 Å². The zero-order valence-corrected chi connectivity index (χ0v) is 45.7. The Morgan fingerprint density at radius 1 is 0.329 bits per heavy atom. The molecule has 0 N–H and O–H groups in total. The first-order valence-corrected chi connectivity index (χ1v) is 29.1. The highest BCUT2D eigenvalue weighted by molar-refractivity contribution is 5.70. The fraction of sp³-hybridized carbons (Fsp3) is 0.662. The van der Waals surface area contributed by atoms with E-state index in [0.29, 0.717) is 19.4 Å². The number of allylic oxidation sites excluding steroid dienone is 20. The summed E-state index contributed by atoms with van der Waals surface area (Å²) in [6, 6.07) is 0. The van der Waals surface area contributed by atoms with Crippen LogP contribution in [0.4, 0.5) is 0 Å². The highest BCUT2D eigenvalue weighted by Crippen LogP contribution is 2.14. The van der Waals surface area contributed by atoms with Crippen LogP contribution in [0, 0.1) is 0 Å². The van der Waals surface area contributed by atoms with Crippen LogP contribution in [-0.2, 0) is 23.8 Å². The second-order valence-corrected chi connectivity index (χ2v) is 18.8. The molecule has 0 bridgehead atoms. The van der Waals surface area contributed by atoms with Crippen molar-refractivity contribution in [1.29, 1.82) is 0 Å². The quantitative estimate of drug-likeness (QED) is 0.0345. The molecule has 0 aliphatic rings. The van der Waals surface area contributed by atoms with Gasteiger partial charge >= 0.3 is 11.9 Å². The number of rotatable bonds is 52. The van der Waals surface area contributed by atoms with Crippen LogP contribution in [0.2, 0.25) is 0 Å². The van der Waals surface area contributed by atoms with Gasteiger partial charge in [-0.3, -0.25) is 9.59 Å². The highest BCUT2D eigenvalue weighted by Gasteiger charge is 2.17. The van der Waals surface area contributed by atoms with Crippen LogP contribution in [0.3, 0.4) is 0 Å². The lowest BCUT2D eigenvalue weighted by molar-refractivity contribution is -0.163. The first kappa shape index (κ1) is 66.3. The molecule has 398 valence electrons. The molecule has 0 saturated carbocycles. The fourth-order valence-corrected chi connectivity index (χ4v) is 7.70. The van der Waals surface area contributed by atoms with Crippen molar-refractivity contribution in [2.24, 2.45) is 0 Å². The molecule has 0 radical (unpaired) electrons. The zero-order chi connectivity index (χ0) is 50.6. The van der Waals surface area contributed by atoms with Gasteiger partial charge in [-0.2, -0.15) is 0 Å². The molecule has 1 atom stereocenters. The lowest BCUT2D eigenvalue weighted by Gasteiger charge is -2.18. The van der Waals surface area contributed by atoms with Gasteiger partial charge in [0, 0.05) is 19.4 Å². The predicted octanol–water partition coefficient (Wildman–Crippen LogP) is 20.1. The first-order chi connectivity index (χ1) is 34.6. The third-order valence-corrected chi connectivity index (χ3v) is 12.0. The minimum atomic E-state index is -0.569. The van der Waals surface area contributed by atoms with Gasteiger partial charge in [-0.1, -0.05) is 232 Å². The van der Waals surface area contributed by atoms with Gasteiger partial charge in [-0.05, 0) is 128 Å². The van der Waals surface area contributed by atoms with E-state index in [4.69, 9.17) is 14.2 Å². The molecule has 0 amide bonds. The van der Waals surface area contributed by atoms with E-state index in [1.807, 2.05) is 0 Å². The SMILES string of the molecule is CC/C=C\C/C=C\C/C=C\C/C=C\C/C=C\CCCCCC(=O)OCC(COCCCCCCCC/C=C\C/C=C\C/C=C\CC)OC(=O)CCCCCCCCCCC/C=C\C/C=C\CCCCC. The molecule has 0 heterocycles. The van der Waals surface area contributed by atoms with Crippen molar-refractivity contribution in [3.8, 4) is 0 Å². The molecule has 5 heteroatoms. The zero-order valence-electron chi connectivity index (χ0n) is 45.7. The summed E-state index contributed by atoms with van der Waals surface area (Å²) in [6.45, 7) is 7.52. The first-order valence-electron chi connectivity index (χ1n) is 29.1. The highest BCUT2D eigenvalue weighted by atomic mass is 16.6. The Kier molecular flexibility index (Phi) is 56.5. The Labute approximate surface area is 433 Å². The smallest absolute Gasteiger partial charge is 0.306 e. The van der Waals surface area contributed by atoms with Crippen LogP contribution in [-0.4, -0.2) is 37.9 Å². The van der Waals surface area contributed by atoms with Crippen LogP contribution in [0.5, 0.6) is 0 Å². The standard InChI is InChI=1S/C65H108O5/c1-4-7-10-13-16-19-22-25-28-31-33-35-37-40-43-46-49-52-55-58-64(66)69-62-63(61-68-60-57-54-51-48-45-42-39-30-27-24-21-18-15-12-9-6-3)70-65(67)59-56-53-50-47-44-41-38-36-34-32-29-26-23-20-17-14-11-8-5-2/h7,9-10,12,16-21,25-30,33,35,40,43,63H,4-6,8,11,13-15,22-24,31-32,34,36-39,41-42,44-62H2,1-3H3/b10-7-,12-9-,19-16-,20-17-,21-18-,28-25-,29-26-,30-27-,35-33-,43-40-. The topological polar surface area (TPSA) is 61.8 Å². The van der Waals surface area contributed by atoms with Gasteiger partial charge in [0.1, 0.15) is 6.61 Å². The molecule has 0 aliphatic carbocycles. The maximum atomic E-state index is 12.9. The van der Waals surface area contributed by atoms with E-state index >= 15 is 0 Å². The number of esters is 2. The molecule has 0 rings (SSSR count). The summed E-state index contributed by atoms with van der Waals surface area (Å²) in [4.78, 5) is 25.6. The lowest BCUT2D eigenvalue weighted by atomic mass is 10.1. The average molecular weight is 970 g/mol. The maximum Gasteiger partial charge on any atom is 0.306 e. The summed E-state index contributed by atoms with van der Waals surface area (Å²) in [7, 11) is 0. The van der Waals surface area contributed by atoms with E-state index in [1.54, 1.807) is 0 Å². The van der Waals surface area contributed by atoms with Crippen LogP contribution in [0.15, 0.2) is 122 Å². The number of carbonyl (C=O) groups is 2. The monoisotopic (exact) mass is 969 g/mol. The molecular formula is C65H108O5. The van der Waals surface area contributed by atoms with Gasteiger partial charge in [0.25, 0.3) is 0 Å². The molecule has 5 nitrogen and oxygen atoms in total. The molecule has 0 fully saturated rings. The number of hydrogen-bond acceptors (Lipinski definition) is 5. The fourth-order valence-electron chi connectivity index (χ4n) is 7.70. The second-order valence-electron chi connectivity index (χ2n) is 18.8. The van der Waals surface area contributed by atoms with E-state index in [9.17, 15) is 9.59 Å². The van der Waals surface area contributed by atoms with Gasteiger partial charge in [0.05, 0.1) is 6.61 Å². The Morgan fingerprint density at radius 2 is 0.643 bits per heavy atom. The van der Waals surface area contributed by atoms with Crippen molar-refractivity contribution in [2.75, 3.05) is 19.8 Å².